The van der Waals surface area contributed by atoms with E-state index < -0.39 is 69.5 Å². The van der Waals surface area contributed by atoms with E-state index in [1.807, 2.05) is 104 Å². The van der Waals surface area contributed by atoms with Crippen LogP contribution in [0.5, 0.6) is 0 Å². The Hall–Kier alpha value is -3.13. The SMILES string of the molecule is CC(C)C1(C)CC(OC(=O)c2cc(C(=O)OC3CC(C)(C)N([O])C(C)(C(C)C)C3)c3cc(C(=O)OC4CC(C)(C)N([O])C(C)(C(C)C)C4)ccc3c2)CC(C)(C)N1[O]. The summed E-state index contributed by atoms with van der Waals surface area (Å²) in [7, 11) is 0. The van der Waals surface area contributed by atoms with Gasteiger partial charge in [0.25, 0.3) is 0 Å². The molecule has 3 radical (unpaired) electrons. The number of hydroxylamine groups is 6. The van der Waals surface area contributed by atoms with Crippen molar-refractivity contribution in [1.82, 2.24) is 15.2 Å². The van der Waals surface area contributed by atoms with E-state index in [0.29, 0.717) is 49.3 Å². The van der Waals surface area contributed by atoms with Gasteiger partial charge in [0.15, 0.2) is 0 Å². The highest BCUT2D eigenvalue weighted by Crippen LogP contribution is 2.45. The van der Waals surface area contributed by atoms with Gasteiger partial charge in [-0.15, -0.1) is 30.8 Å². The zero-order valence-electron chi connectivity index (χ0n) is 37.6. The molecule has 0 spiro atoms. The van der Waals surface area contributed by atoms with E-state index in [4.69, 9.17) is 14.2 Å². The normalized spacial score (nSPS) is 31.8. The summed E-state index contributed by atoms with van der Waals surface area (Å²) in [5, 5.41) is 44.6. The zero-order chi connectivity index (χ0) is 43.7. The first-order valence-corrected chi connectivity index (χ1v) is 21.1. The Bertz CT molecular complexity index is 1890. The van der Waals surface area contributed by atoms with Gasteiger partial charge in [-0.1, -0.05) is 47.6 Å². The summed E-state index contributed by atoms with van der Waals surface area (Å²) in [6.45, 7) is 28.7. The van der Waals surface area contributed by atoms with Gasteiger partial charge in [-0.3, -0.25) is 0 Å². The van der Waals surface area contributed by atoms with Crippen LogP contribution in [0.2, 0.25) is 0 Å². The maximum absolute atomic E-state index is 14.4. The van der Waals surface area contributed by atoms with Crippen LogP contribution >= 0.6 is 0 Å². The third-order valence-electron chi connectivity index (χ3n) is 14.3. The number of hydrogen-bond acceptors (Lipinski definition) is 9. The van der Waals surface area contributed by atoms with E-state index in [1.165, 1.54) is 6.07 Å². The fourth-order valence-corrected chi connectivity index (χ4v) is 9.93. The second-order valence-electron chi connectivity index (χ2n) is 21.1. The molecular formula is C46H68N3O9. The van der Waals surface area contributed by atoms with Crippen molar-refractivity contribution in [2.75, 3.05) is 0 Å². The number of piperidine rings is 3. The third-order valence-corrected chi connectivity index (χ3v) is 14.3. The lowest BCUT2D eigenvalue weighted by atomic mass is 9.73. The van der Waals surface area contributed by atoms with Crippen LogP contribution in [0, 0.1) is 17.8 Å². The zero-order valence-corrected chi connectivity index (χ0v) is 37.6. The Kier molecular flexibility index (Phi) is 12.5. The molecule has 3 saturated heterocycles. The number of ether oxygens (including phenoxy) is 3. The molecule has 6 atom stereocenters. The van der Waals surface area contributed by atoms with Crippen molar-refractivity contribution in [3.8, 4) is 0 Å². The highest BCUT2D eigenvalue weighted by Gasteiger charge is 2.54. The van der Waals surface area contributed by atoms with E-state index in [9.17, 15) is 30.0 Å². The van der Waals surface area contributed by atoms with Gasteiger partial charge < -0.3 is 14.2 Å². The van der Waals surface area contributed by atoms with Gasteiger partial charge in [-0.2, -0.15) is 0 Å². The van der Waals surface area contributed by atoms with Crippen molar-refractivity contribution in [2.24, 2.45) is 17.8 Å². The highest BCUT2D eigenvalue weighted by molar-refractivity contribution is 6.09. The smallest absolute Gasteiger partial charge is 0.339 e. The summed E-state index contributed by atoms with van der Waals surface area (Å²) in [4.78, 5) is 42.3. The monoisotopic (exact) mass is 806 g/mol. The summed E-state index contributed by atoms with van der Waals surface area (Å²) in [6, 6.07) is 7.95. The molecule has 12 heteroatoms. The Balaban J connectivity index is 1.51. The number of hydrogen-bond donors (Lipinski definition) is 0. The summed E-state index contributed by atoms with van der Waals surface area (Å²) in [5.74, 6) is -1.94. The molecule has 58 heavy (non-hydrogen) atoms. The largest absolute Gasteiger partial charge is 0.459 e. The van der Waals surface area contributed by atoms with Crippen LogP contribution in [0.1, 0.15) is 173 Å². The molecule has 321 valence electrons. The minimum Gasteiger partial charge on any atom is -0.459 e. The summed E-state index contributed by atoms with van der Waals surface area (Å²) >= 11 is 0. The second kappa shape index (κ2) is 15.7. The molecule has 3 aliphatic heterocycles. The van der Waals surface area contributed by atoms with Gasteiger partial charge in [0.1, 0.15) is 18.3 Å². The summed E-state index contributed by atoms with van der Waals surface area (Å²) < 4.78 is 18.5. The van der Waals surface area contributed by atoms with Crippen molar-refractivity contribution < 1.29 is 44.2 Å². The van der Waals surface area contributed by atoms with Crippen molar-refractivity contribution >= 4 is 28.7 Å². The maximum Gasteiger partial charge on any atom is 0.339 e. The molecule has 0 aliphatic carbocycles. The lowest BCUT2D eigenvalue weighted by Crippen LogP contribution is -2.63. The van der Waals surface area contributed by atoms with Gasteiger partial charge in [0.05, 0.1) is 33.3 Å². The Morgan fingerprint density at radius 1 is 0.500 bits per heavy atom. The van der Waals surface area contributed by atoms with Crippen LogP contribution in [0.15, 0.2) is 30.3 Å². The predicted octanol–water partition coefficient (Wildman–Crippen LogP) is 9.32. The Morgan fingerprint density at radius 2 is 0.845 bits per heavy atom. The van der Waals surface area contributed by atoms with Crippen molar-refractivity contribution in [1.29, 1.82) is 0 Å². The second-order valence-corrected chi connectivity index (χ2v) is 21.1. The molecule has 5 rings (SSSR count). The average Bonchev–Trinajstić information content (AvgIpc) is 3.10. The molecule has 2 aromatic rings. The lowest BCUT2D eigenvalue weighted by molar-refractivity contribution is -0.312. The molecule has 0 N–H and O–H groups in total. The van der Waals surface area contributed by atoms with Crippen molar-refractivity contribution in [2.45, 2.75) is 194 Å². The van der Waals surface area contributed by atoms with E-state index in [0.717, 1.165) is 15.2 Å². The van der Waals surface area contributed by atoms with Crippen LogP contribution in [0.25, 0.3) is 10.8 Å². The number of carbonyl (C=O) groups excluding carboxylic acids is 3. The van der Waals surface area contributed by atoms with Gasteiger partial charge in [0, 0.05) is 55.1 Å². The van der Waals surface area contributed by atoms with Crippen molar-refractivity contribution in [3.63, 3.8) is 0 Å². The molecule has 0 bridgehead atoms. The molecule has 3 aliphatic rings. The first-order chi connectivity index (χ1) is 26.5. The number of fused-ring (bicyclic) bond motifs is 1. The van der Waals surface area contributed by atoms with Crippen LogP contribution in [-0.4, -0.2) is 84.6 Å². The van der Waals surface area contributed by atoms with Crippen LogP contribution in [0.3, 0.4) is 0 Å². The number of benzene rings is 2. The minimum atomic E-state index is -0.812. The Morgan fingerprint density at radius 3 is 1.21 bits per heavy atom. The lowest BCUT2D eigenvalue weighted by Gasteiger charge is -2.52. The maximum atomic E-state index is 14.4. The van der Waals surface area contributed by atoms with Gasteiger partial charge in [-0.05, 0) is 115 Å². The molecule has 12 nitrogen and oxygen atoms in total. The molecule has 0 amide bonds. The van der Waals surface area contributed by atoms with Crippen molar-refractivity contribution in [3.05, 3.63) is 47.0 Å². The fourth-order valence-electron chi connectivity index (χ4n) is 9.93. The molecular weight excluding hydrogens is 739 g/mol. The number of esters is 3. The predicted molar refractivity (Wildman–Crippen MR) is 219 cm³/mol. The topological polar surface area (TPSA) is 148 Å². The van der Waals surface area contributed by atoms with E-state index in [2.05, 4.69) is 0 Å². The standard InChI is InChI=1S/C46H68N3O9/c1-27(2)44(13)24-33(21-41(7,8)47(44)53)56-38(50)31-17-16-30-18-32(39(51)57-34-22-42(9,10)48(54)45(14,25-34)28(3)4)20-37(36(30)19-31)40(52)58-35-23-43(11,12)49(55)46(15,26-35)29(5)6/h16-20,27-29,33-35H,21-26H2,1-15H3. The molecule has 0 aromatic heterocycles. The summed E-state index contributed by atoms with van der Waals surface area (Å²) in [5.41, 5.74) is -4.24. The molecule has 6 unspecified atom stereocenters. The number of rotatable bonds is 9. The number of carbonyl (C=O) groups is 3. The van der Waals surface area contributed by atoms with Crippen LogP contribution < -0.4 is 0 Å². The Labute approximate surface area is 346 Å². The van der Waals surface area contributed by atoms with Gasteiger partial charge in [0.2, 0.25) is 0 Å². The molecule has 0 saturated carbocycles. The first-order valence-electron chi connectivity index (χ1n) is 21.1. The molecule has 2 aromatic carbocycles. The first kappa shape index (κ1) is 45.9. The fraction of sp³-hybridized carbons (Fsp3) is 0.717. The number of nitrogens with zero attached hydrogens (tertiary/aromatic N) is 3. The average molecular weight is 807 g/mol. The van der Waals surface area contributed by atoms with Gasteiger partial charge >= 0.3 is 17.9 Å². The van der Waals surface area contributed by atoms with Crippen LogP contribution in [0.4, 0.5) is 0 Å². The van der Waals surface area contributed by atoms with Gasteiger partial charge in [-0.25, -0.2) is 14.4 Å². The van der Waals surface area contributed by atoms with E-state index in [-0.39, 0.29) is 34.4 Å². The molecule has 3 heterocycles. The van der Waals surface area contributed by atoms with E-state index >= 15 is 0 Å². The van der Waals surface area contributed by atoms with E-state index in [1.54, 1.807) is 24.3 Å². The quantitative estimate of drug-likeness (QED) is 0.179. The summed E-state index contributed by atoms with van der Waals surface area (Å²) in [6.07, 6.45) is 0.370. The highest BCUT2D eigenvalue weighted by atomic mass is 16.6. The molecule has 3 fully saturated rings. The van der Waals surface area contributed by atoms with Crippen LogP contribution in [-0.2, 0) is 29.8 Å². The minimum absolute atomic E-state index is 0.00424. The third kappa shape index (κ3) is 8.43.